The molecule has 0 aliphatic carbocycles. The van der Waals surface area contributed by atoms with Gasteiger partial charge in [-0.2, -0.15) is 18.3 Å². The van der Waals surface area contributed by atoms with Gasteiger partial charge in [0.25, 0.3) is 0 Å². The van der Waals surface area contributed by atoms with Crippen LogP contribution in [0.2, 0.25) is 0 Å². The molecule has 1 atom stereocenters. The Labute approximate surface area is 77.9 Å². The van der Waals surface area contributed by atoms with Crippen LogP contribution in [0.5, 0.6) is 0 Å². The Bertz CT molecular complexity index is 297. The minimum Gasteiger partial charge on any atom is -0.395 e. The van der Waals surface area contributed by atoms with Gasteiger partial charge in [0, 0.05) is 11.6 Å². The SMILES string of the molecule is NC(CO)Cc1cn[nH]c1C(F)(F)F. The van der Waals surface area contributed by atoms with Gasteiger partial charge >= 0.3 is 6.18 Å². The van der Waals surface area contributed by atoms with Crippen molar-refractivity contribution < 1.29 is 18.3 Å². The Balaban J connectivity index is 2.83. The minimum atomic E-state index is -4.46. The second kappa shape index (κ2) is 3.97. The summed E-state index contributed by atoms with van der Waals surface area (Å²) in [5.41, 5.74) is 4.39. The number of halogens is 3. The summed E-state index contributed by atoms with van der Waals surface area (Å²) in [6, 6.07) is -0.700. The maximum atomic E-state index is 12.3. The molecule has 1 aromatic heterocycles. The minimum absolute atomic E-state index is 0.0287. The van der Waals surface area contributed by atoms with Gasteiger partial charge in [0.1, 0.15) is 5.69 Å². The topological polar surface area (TPSA) is 74.9 Å². The quantitative estimate of drug-likeness (QED) is 0.669. The van der Waals surface area contributed by atoms with Crippen molar-refractivity contribution in [2.24, 2.45) is 5.73 Å². The van der Waals surface area contributed by atoms with Crippen LogP contribution in [0.25, 0.3) is 0 Å². The first-order valence-corrected chi connectivity index (χ1v) is 3.91. The predicted molar refractivity (Wildman–Crippen MR) is 42.4 cm³/mol. The van der Waals surface area contributed by atoms with Crippen LogP contribution in [0.4, 0.5) is 13.2 Å². The van der Waals surface area contributed by atoms with Crippen molar-refractivity contribution in [2.45, 2.75) is 18.6 Å². The molecule has 0 fully saturated rings. The Kier molecular flexibility index (Phi) is 3.12. The molecule has 4 nitrogen and oxygen atoms in total. The second-order valence-electron chi connectivity index (χ2n) is 2.91. The summed E-state index contributed by atoms with van der Waals surface area (Å²) in [5, 5.41) is 13.7. The van der Waals surface area contributed by atoms with Crippen molar-refractivity contribution in [1.29, 1.82) is 0 Å². The summed E-state index contributed by atoms with van der Waals surface area (Å²) in [6.45, 7) is -0.359. The van der Waals surface area contributed by atoms with Crippen molar-refractivity contribution in [1.82, 2.24) is 10.2 Å². The second-order valence-corrected chi connectivity index (χ2v) is 2.91. The summed E-state index contributed by atoms with van der Waals surface area (Å²) >= 11 is 0. The van der Waals surface area contributed by atoms with Gasteiger partial charge in [-0.05, 0) is 6.42 Å². The summed E-state index contributed by atoms with van der Waals surface area (Å²) in [7, 11) is 0. The van der Waals surface area contributed by atoms with Crippen LogP contribution in [0.3, 0.4) is 0 Å². The lowest BCUT2D eigenvalue weighted by Crippen LogP contribution is -2.27. The zero-order valence-electron chi connectivity index (χ0n) is 7.17. The first-order chi connectivity index (χ1) is 6.45. The van der Waals surface area contributed by atoms with Crippen molar-refractivity contribution in [3.05, 3.63) is 17.5 Å². The number of nitrogens with one attached hydrogen (secondary N) is 1. The van der Waals surface area contributed by atoms with E-state index >= 15 is 0 Å². The highest BCUT2D eigenvalue weighted by Crippen LogP contribution is 2.30. The molecular weight excluding hydrogens is 199 g/mol. The summed E-state index contributed by atoms with van der Waals surface area (Å²) in [5.74, 6) is 0. The van der Waals surface area contributed by atoms with Crippen LogP contribution in [0, 0.1) is 0 Å². The van der Waals surface area contributed by atoms with E-state index in [-0.39, 0.29) is 18.6 Å². The fourth-order valence-electron chi connectivity index (χ4n) is 1.06. The summed E-state index contributed by atoms with van der Waals surface area (Å²) < 4.78 is 36.8. The highest BCUT2D eigenvalue weighted by molar-refractivity contribution is 5.20. The largest absolute Gasteiger partial charge is 0.433 e. The first-order valence-electron chi connectivity index (χ1n) is 3.91. The summed E-state index contributed by atoms with van der Waals surface area (Å²) in [6.07, 6.45) is -3.44. The molecule has 0 aliphatic rings. The molecular formula is C7H10F3N3O. The molecule has 4 N–H and O–H groups in total. The molecule has 0 saturated carbocycles. The Morgan fingerprint density at radius 2 is 2.21 bits per heavy atom. The van der Waals surface area contributed by atoms with Crippen LogP contribution < -0.4 is 5.73 Å². The van der Waals surface area contributed by atoms with E-state index in [4.69, 9.17) is 10.8 Å². The van der Waals surface area contributed by atoms with E-state index < -0.39 is 17.9 Å². The van der Waals surface area contributed by atoms with E-state index in [9.17, 15) is 13.2 Å². The first kappa shape index (κ1) is 11.0. The fourth-order valence-corrected chi connectivity index (χ4v) is 1.06. The normalized spacial score (nSPS) is 14.4. The molecule has 1 aromatic rings. The lowest BCUT2D eigenvalue weighted by molar-refractivity contribution is -0.141. The van der Waals surface area contributed by atoms with Crippen LogP contribution in [0.15, 0.2) is 6.20 Å². The highest BCUT2D eigenvalue weighted by atomic mass is 19.4. The number of hydrogen-bond donors (Lipinski definition) is 3. The van der Waals surface area contributed by atoms with Gasteiger partial charge in [0.15, 0.2) is 0 Å². The number of aliphatic hydroxyl groups excluding tert-OH is 1. The molecule has 14 heavy (non-hydrogen) atoms. The van der Waals surface area contributed by atoms with Crippen LogP contribution >= 0.6 is 0 Å². The Hall–Kier alpha value is -1.08. The average molecular weight is 209 g/mol. The molecule has 0 bridgehead atoms. The standard InChI is InChI=1S/C7H10F3N3O/c8-7(9,10)6-4(2-12-13-6)1-5(11)3-14/h2,5,14H,1,3,11H2,(H,12,13). The van der Waals surface area contributed by atoms with Gasteiger partial charge in [-0.25, -0.2) is 0 Å². The van der Waals surface area contributed by atoms with Gasteiger partial charge < -0.3 is 10.8 Å². The lowest BCUT2D eigenvalue weighted by atomic mass is 10.1. The van der Waals surface area contributed by atoms with Crippen molar-refractivity contribution >= 4 is 0 Å². The Morgan fingerprint density at radius 1 is 1.57 bits per heavy atom. The van der Waals surface area contributed by atoms with Crippen LogP contribution in [-0.2, 0) is 12.6 Å². The van der Waals surface area contributed by atoms with Gasteiger partial charge in [-0.1, -0.05) is 0 Å². The monoisotopic (exact) mass is 209 g/mol. The molecule has 0 aliphatic heterocycles. The van der Waals surface area contributed by atoms with E-state index in [0.29, 0.717) is 0 Å². The van der Waals surface area contributed by atoms with Gasteiger partial charge in [-0.3, -0.25) is 5.10 Å². The number of nitrogens with zero attached hydrogens (tertiary/aromatic N) is 1. The van der Waals surface area contributed by atoms with Gasteiger partial charge in [0.2, 0.25) is 0 Å². The molecule has 1 heterocycles. The third-order valence-electron chi connectivity index (χ3n) is 1.72. The molecule has 0 aromatic carbocycles. The highest BCUT2D eigenvalue weighted by Gasteiger charge is 2.35. The smallest absolute Gasteiger partial charge is 0.395 e. The van der Waals surface area contributed by atoms with E-state index in [2.05, 4.69) is 5.10 Å². The van der Waals surface area contributed by atoms with Crippen molar-refractivity contribution in [2.75, 3.05) is 6.61 Å². The van der Waals surface area contributed by atoms with Gasteiger partial charge in [-0.15, -0.1) is 0 Å². The van der Waals surface area contributed by atoms with E-state index in [0.717, 1.165) is 6.20 Å². The van der Waals surface area contributed by atoms with Crippen LogP contribution in [-0.4, -0.2) is 28.0 Å². The molecule has 1 unspecified atom stereocenters. The Morgan fingerprint density at radius 3 is 2.71 bits per heavy atom. The predicted octanol–water partition coefficient (Wildman–Crippen LogP) is 0.291. The molecule has 80 valence electrons. The maximum Gasteiger partial charge on any atom is 0.433 e. The van der Waals surface area contributed by atoms with Gasteiger partial charge in [0.05, 0.1) is 12.8 Å². The average Bonchev–Trinajstić information content (AvgIpc) is 2.51. The molecule has 1 rings (SSSR count). The number of alkyl halides is 3. The molecule has 0 amide bonds. The lowest BCUT2D eigenvalue weighted by Gasteiger charge is -2.09. The van der Waals surface area contributed by atoms with Crippen LogP contribution in [0.1, 0.15) is 11.3 Å². The third kappa shape index (κ3) is 2.46. The molecule has 0 radical (unpaired) electrons. The molecule has 0 saturated heterocycles. The number of nitrogens with two attached hydrogens (primary N) is 1. The maximum absolute atomic E-state index is 12.3. The van der Waals surface area contributed by atoms with Crippen molar-refractivity contribution in [3.63, 3.8) is 0 Å². The van der Waals surface area contributed by atoms with Crippen molar-refractivity contribution in [3.8, 4) is 0 Å². The van der Waals surface area contributed by atoms with E-state index in [1.54, 1.807) is 0 Å². The zero-order chi connectivity index (χ0) is 10.8. The number of aromatic nitrogens is 2. The number of rotatable bonds is 3. The van der Waals surface area contributed by atoms with E-state index in [1.165, 1.54) is 0 Å². The molecule has 0 spiro atoms. The number of aromatic amines is 1. The zero-order valence-corrected chi connectivity index (χ0v) is 7.17. The third-order valence-corrected chi connectivity index (χ3v) is 1.72. The van der Waals surface area contributed by atoms with E-state index in [1.807, 2.05) is 5.10 Å². The number of hydrogen-bond acceptors (Lipinski definition) is 3. The fraction of sp³-hybridized carbons (Fsp3) is 0.571. The number of aliphatic hydroxyl groups is 1. The molecule has 7 heteroatoms. The number of H-pyrrole nitrogens is 1. The summed E-state index contributed by atoms with van der Waals surface area (Å²) in [4.78, 5) is 0.